The zero-order valence-electron chi connectivity index (χ0n) is 23.5. The molecule has 2 heterocycles. The lowest BCUT2D eigenvalue weighted by atomic mass is 9.88. The van der Waals surface area contributed by atoms with Gasteiger partial charge in [-0.25, -0.2) is 0 Å². The molecule has 2 aromatic carbocycles. The van der Waals surface area contributed by atoms with Gasteiger partial charge >= 0.3 is 0 Å². The van der Waals surface area contributed by atoms with Crippen LogP contribution >= 0.6 is 0 Å². The smallest absolute Gasteiger partial charge is 0.246 e. The normalized spacial score (nSPS) is 22.5. The first-order valence-corrected chi connectivity index (χ1v) is 14.1. The lowest BCUT2D eigenvalue weighted by Gasteiger charge is -2.43. The number of ether oxygens (including phenoxy) is 1. The molecule has 2 aromatic rings. The molecule has 2 N–H and O–H groups in total. The quantitative estimate of drug-likeness (QED) is 0.463. The molecule has 210 valence electrons. The Labute approximate surface area is 232 Å². The number of likely N-dealkylation sites (tertiary alicyclic amines) is 2. The van der Waals surface area contributed by atoms with Crippen LogP contribution in [-0.2, 0) is 32.1 Å². The SMILES string of the molecule is CNC(C)C(=O)NC(C(=O)N1CCC2C(OCc3ccccc3)CN(CCc3ccccc3)C(=O)C21)C(C)C. The van der Waals surface area contributed by atoms with E-state index in [1.54, 1.807) is 18.9 Å². The third kappa shape index (κ3) is 6.86. The van der Waals surface area contributed by atoms with Crippen LogP contribution in [0.2, 0.25) is 0 Å². The van der Waals surface area contributed by atoms with Crippen LogP contribution in [0.15, 0.2) is 60.7 Å². The molecule has 0 radical (unpaired) electrons. The molecule has 0 aliphatic carbocycles. The van der Waals surface area contributed by atoms with Crippen molar-refractivity contribution in [2.75, 3.05) is 26.7 Å². The standard InChI is InChI=1S/C31H42N4O4/c1-21(2)27(33-29(36)22(3)32-4)30(37)35-18-16-25-26(39-20-24-13-9-6-10-14-24)19-34(31(38)28(25)35)17-15-23-11-7-5-8-12-23/h5-14,21-22,25-28,32H,15-20H2,1-4H3,(H,33,36). The molecule has 0 saturated carbocycles. The summed E-state index contributed by atoms with van der Waals surface area (Å²) >= 11 is 0. The minimum absolute atomic E-state index is 0.0289. The predicted molar refractivity (Wildman–Crippen MR) is 151 cm³/mol. The van der Waals surface area contributed by atoms with Crippen LogP contribution in [0.1, 0.15) is 38.3 Å². The lowest BCUT2D eigenvalue weighted by molar-refractivity contribution is -0.157. The van der Waals surface area contributed by atoms with E-state index in [4.69, 9.17) is 4.74 Å². The van der Waals surface area contributed by atoms with Crippen molar-refractivity contribution >= 4 is 17.7 Å². The third-order valence-electron chi connectivity index (χ3n) is 8.05. The summed E-state index contributed by atoms with van der Waals surface area (Å²) in [6.45, 7) is 7.58. The van der Waals surface area contributed by atoms with Crippen molar-refractivity contribution in [3.05, 3.63) is 71.8 Å². The number of nitrogens with one attached hydrogen (secondary N) is 2. The van der Waals surface area contributed by atoms with Crippen molar-refractivity contribution in [1.29, 1.82) is 0 Å². The maximum Gasteiger partial charge on any atom is 0.246 e. The van der Waals surface area contributed by atoms with E-state index >= 15 is 0 Å². The highest BCUT2D eigenvalue weighted by molar-refractivity contribution is 5.94. The van der Waals surface area contributed by atoms with Gasteiger partial charge in [0.25, 0.3) is 0 Å². The van der Waals surface area contributed by atoms with Crippen LogP contribution in [0.5, 0.6) is 0 Å². The van der Waals surface area contributed by atoms with E-state index in [1.165, 1.54) is 0 Å². The number of benzene rings is 2. The highest BCUT2D eigenvalue weighted by Gasteiger charge is 2.52. The van der Waals surface area contributed by atoms with Gasteiger partial charge in [-0.1, -0.05) is 74.5 Å². The number of nitrogens with zero attached hydrogens (tertiary/aromatic N) is 2. The van der Waals surface area contributed by atoms with Crippen LogP contribution in [0.4, 0.5) is 0 Å². The Hall–Kier alpha value is -3.23. The summed E-state index contributed by atoms with van der Waals surface area (Å²) < 4.78 is 6.45. The van der Waals surface area contributed by atoms with Gasteiger partial charge in [0.15, 0.2) is 0 Å². The number of amides is 3. The van der Waals surface area contributed by atoms with Crippen LogP contribution in [0.25, 0.3) is 0 Å². The summed E-state index contributed by atoms with van der Waals surface area (Å²) in [4.78, 5) is 44.0. The molecule has 2 saturated heterocycles. The van der Waals surface area contributed by atoms with Crippen LogP contribution < -0.4 is 10.6 Å². The highest BCUT2D eigenvalue weighted by Crippen LogP contribution is 2.35. The maximum absolute atomic E-state index is 13.9. The second-order valence-corrected chi connectivity index (χ2v) is 11.0. The average molecular weight is 535 g/mol. The molecule has 8 heteroatoms. The summed E-state index contributed by atoms with van der Waals surface area (Å²) in [7, 11) is 1.71. The molecule has 0 bridgehead atoms. The van der Waals surface area contributed by atoms with Crippen molar-refractivity contribution in [1.82, 2.24) is 20.4 Å². The Morgan fingerprint density at radius 3 is 2.26 bits per heavy atom. The van der Waals surface area contributed by atoms with E-state index in [9.17, 15) is 14.4 Å². The number of rotatable bonds is 11. The van der Waals surface area contributed by atoms with Crippen molar-refractivity contribution < 1.29 is 19.1 Å². The number of likely N-dealkylation sites (N-methyl/N-ethyl adjacent to an activating group) is 1. The zero-order valence-corrected chi connectivity index (χ0v) is 23.5. The van der Waals surface area contributed by atoms with E-state index in [1.807, 2.05) is 67.3 Å². The summed E-state index contributed by atoms with van der Waals surface area (Å²) in [6.07, 6.45) is 1.24. The Bertz CT molecular complexity index is 1110. The number of fused-ring (bicyclic) bond motifs is 1. The first-order chi connectivity index (χ1) is 18.8. The first kappa shape index (κ1) is 28.8. The van der Waals surface area contributed by atoms with Crippen molar-refractivity contribution in [2.45, 2.75) is 64.4 Å². The molecular weight excluding hydrogens is 492 g/mol. The Kier molecular flexibility index (Phi) is 9.75. The lowest BCUT2D eigenvalue weighted by Crippen LogP contribution is -2.62. The highest BCUT2D eigenvalue weighted by atomic mass is 16.5. The van der Waals surface area contributed by atoms with Crippen LogP contribution in [-0.4, -0.2) is 78.4 Å². The molecule has 2 fully saturated rings. The number of carbonyl (C=O) groups is 3. The largest absolute Gasteiger partial charge is 0.371 e. The van der Waals surface area contributed by atoms with E-state index in [-0.39, 0.29) is 35.7 Å². The molecule has 8 nitrogen and oxygen atoms in total. The fraction of sp³-hybridized carbons (Fsp3) is 0.516. The molecule has 3 amide bonds. The third-order valence-corrected chi connectivity index (χ3v) is 8.05. The number of hydrogen-bond donors (Lipinski definition) is 2. The summed E-state index contributed by atoms with van der Waals surface area (Å²) in [6, 6.07) is 18.4. The van der Waals surface area contributed by atoms with Gasteiger partial charge in [0.1, 0.15) is 12.1 Å². The Morgan fingerprint density at radius 1 is 1.00 bits per heavy atom. The zero-order chi connectivity index (χ0) is 27.9. The molecule has 39 heavy (non-hydrogen) atoms. The molecule has 2 aliphatic rings. The van der Waals surface area contributed by atoms with Crippen LogP contribution in [0, 0.1) is 11.8 Å². The fourth-order valence-corrected chi connectivity index (χ4v) is 5.56. The van der Waals surface area contributed by atoms with E-state index in [2.05, 4.69) is 22.8 Å². The van der Waals surface area contributed by atoms with Gasteiger partial charge in [-0.2, -0.15) is 0 Å². The Balaban J connectivity index is 1.54. The van der Waals surface area contributed by atoms with Crippen molar-refractivity contribution in [3.8, 4) is 0 Å². The van der Waals surface area contributed by atoms with Crippen molar-refractivity contribution in [3.63, 3.8) is 0 Å². The molecule has 2 aliphatic heterocycles. The topological polar surface area (TPSA) is 91.0 Å². The second-order valence-electron chi connectivity index (χ2n) is 11.0. The number of hydrogen-bond acceptors (Lipinski definition) is 5. The maximum atomic E-state index is 13.9. The van der Waals surface area contributed by atoms with Gasteiger partial charge in [-0.3, -0.25) is 14.4 Å². The fourth-order valence-electron chi connectivity index (χ4n) is 5.56. The van der Waals surface area contributed by atoms with Gasteiger partial charge in [0.05, 0.1) is 18.8 Å². The molecule has 0 aromatic heterocycles. The monoisotopic (exact) mass is 534 g/mol. The van der Waals surface area contributed by atoms with Gasteiger partial charge in [0.2, 0.25) is 17.7 Å². The summed E-state index contributed by atoms with van der Waals surface area (Å²) in [5.74, 6) is -0.669. The predicted octanol–water partition coefficient (Wildman–Crippen LogP) is 2.62. The van der Waals surface area contributed by atoms with E-state index < -0.39 is 18.1 Å². The summed E-state index contributed by atoms with van der Waals surface area (Å²) in [5.41, 5.74) is 2.24. The van der Waals surface area contributed by atoms with Gasteiger partial charge in [0, 0.05) is 25.6 Å². The first-order valence-electron chi connectivity index (χ1n) is 14.1. The summed E-state index contributed by atoms with van der Waals surface area (Å²) in [5, 5.41) is 5.84. The minimum atomic E-state index is -0.705. The van der Waals surface area contributed by atoms with Gasteiger partial charge in [-0.15, -0.1) is 0 Å². The van der Waals surface area contributed by atoms with Gasteiger partial charge < -0.3 is 25.2 Å². The van der Waals surface area contributed by atoms with Crippen molar-refractivity contribution in [2.24, 2.45) is 11.8 Å². The van der Waals surface area contributed by atoms with E-state index in [0.29, 0.717) is 32.7 Å². The van der Waals surface area contributed by atoms with Gasteiger partial charge in [-0.05, 0) is 43.9 Å². The molecular formula is C31H42N4O4. The average Bonchev–Trinajstić information content (AvgIpc) is 3.41. The number of carbonyl (C=O) groups excluding carboxylic acids is 3. The van der Waals surface area contributed by atoms with E-state index in [0.717, 1.165) is 17.5 Å². The molecule has 5 atom stereocenters. The molecule has 5 unspecified atom stereocenters. The Morgan fingerprint density at radius 2 is 1.64 bits per heavy atom. The second kappa shape index (κ2) is 13.2. The molecule has 4 rings (SSSR count). The van der Waals surface area contributed by atoms with Crippen LogP contribution in [0.3, 0.4) is 0 Å². The number of piperidine rings is 1. The minimum Gasteiger partial charge on any atom is -0.371 e. The molecule has 0 spiro atoms.